The first-order valence-electron chi connectivity index (χ1n) is 10.3. The van der Waals surface area contributed by atoms with Crippen molar-refractivity contribution in [2.45, 2.75) is 31.9 Å². The van der Waals surface area contributed by atoms with Gasteiger partial charge in [0.2, 0.25) is 0 Å². The first-order chi connectivity index (χ1) is 14.8. The molecule has 0 bridgehead atoms. The molecule has 0 spiro atoms. The summed E-state index contributed by atoms with van der Waals surface area (Å²) in [6.45, 7) is 0.381. The van der Waals surface area contributed by atoms with E-state index in [1.54, 1.807) is 0 Å². The Morgan fingerprint density at radius 2 is 1.90 bits per heavy atom. The molecule has 2 heterocycles. The van der Waals surface area contributed by atoms with Crippen LogP contribution in [0, 0.1) is 0 Å². The van der Waals surface area contributed by atoms with Gasteiger partial charge in [-0.3, -0.25) is 4.79 Å². The lowest BCUT2D eigenvalue weighted by Crippen LogP contribution is -2.30. The molecule has 1 aliphatic rings. The van der Waals surface area contributed by atoms with Crippen molar-refractivity contribution in [3.05, 3.63) is 102 Å². The predicted octanol–water partition coefficient (Wildman–Crippen LogP) is 4.72. The second-order valence-electron chi connectivity index (χ2n) is 7.63. The van der Waals surface area contributed by atoms with Gasteiger partial charge in [0.05, 0.1) is 11.7 Å². The summed E-state index contributed by atoms with van der Waals surface area (Å²) >= 11 is 0. The molecule has 1 atom stereocenters. The summed E-state index contributed by atoms with van der Waals surface area (Å²) in [5.74, 6) is 0.662. The largest absolute Gasteiger partial charge is 0.487 e. The number of aromatic nitrogens is 2. The fourth-order valence-electron chi connectivity index (χ4n) is 4.06. The van der Waals surface area contributed by atoms with E-state index in [0.29, 0.717) is 17.9 Å². The summed E-state index contributed by atoms with van der Waals surface area (Å²) in [4.78, 5) is 17.3. The zero-order chi connectivity index (χ0) is 20.3. The van der Waals surface area contributed by atoms with Gasteiger partial charge < -0.3 is 14.5 Å². The van der Waals surface area contributed by atoms with E-state index >= 15 is 0 Å². The number of hydrogen-bond donors (Lipinski definition) is 1. The van der Waals surface area contributed by atoms with Gasteiger partial charge in [-0.2, -0.15) is 0 Å². The molecular weight excluding hydrogens is 374 g/mol. The maximum Gasteiger partial charge on any atom is 0.251 e. The zero-order valence-electron chi connectivity index (χ0n) is 16.6. The molecule has 5 nitrogen and oxygen atoms in total. The maximum absolute atomic E-state index is 12.7. The van der Waals surface area contributed by atoms with Crippen LogP contribution < -0.4 is 10.1 Å². The Hall–Kier alpha value is -3.60. The highest BCUT2D eigenvalue weighted by atomic mass is 16.5. The van der Waals surface area contributed by atoms with E-state index in [-0.39, 0.29) is 11.9 Å². The van der Waals surface area contributed by atoms with Gasteiger partial charge in [0.25, 0.3) is 5.91 Å². The summed E-state index contributed by atoms with van der Waals surface area (Å²) in [5, 5.41) is 3.19. The number of carbonyl (C=O) groups excluding carboxylic acids is 1. The monoisotopic (exact) mass is 397 g/mol. The maximum atomic E-state index is 12.7. The second-order valence-corrected chi connectivity index (χ2v) is 7.63. The number of benzene rings is 2. The smallest absolute Gasteiger partial charge is 0.251 e. The van der Waals surface area contributed by atoms with Crippen LogP contribution in [0.4, 0.5) is 0 Å². The minimum Gasteiger partial charge on any atom is -0.487 e. The highest BCUT2D eigenvalue weighted by molar-refractivity contribution is 5.94. The van der Waals surface area contributed by atoms with Crippen LogP contribution in [0.3, 0.4) is 0 Å². The van der Waals surface area contributed by atoms with Crippen molar-refractivity contribution < 1.29 is 9.53 Å². The lowest BCUT2D eigenvalue weighted by atomic mass is 9.87. The summed E-state index contributed by atoms with van der Waals surface area (Å²) < 4.78 is 7.81. The predicted molar refractivity (Wildman–Crippen MR) is 116 cm³/mol. The number of pyridine rings is 1. The first kappa shape index (κ1) is 18.4. The minimum absolute atomic E-state index is 0.0522. The number of nitrogens with one attached hydrogen (secondary N) is 1. The van der Waals surface area contributed by atoms with Crippen molar-refractivity contribution in [1.82, 2.24) is 14.7 Å². The lowest BCUT2D eigenvalue weighted by molar-refractivity contribution is 0.0932. The molecule has 0 aliphatic heterocycles. The summed E-state index contributed by atoms with van der Waals surface area (Å²) in [6.07, 6.45) is 7.07. The summed E-state index contributed by atoms with van der Waals surface area (Å²) in [7, 11) is 0. The Bertz CT molecular complexity index is 1150. The molecule has 2 aromatic carbocycles. The summed E-state index contributed by atoms with van der Waals surface area (Å²) in [6, 6.07) is 21.6. The van der Waals surface area contributed by atoms with Crippen molar-refractivity contribution >= 4 is 11.6 Å². The van der Waals surface area contributed by atoms with Crippen LogP contribution in [-0.2, 0) is 13.0 Å². The van der Waals surface area contributed by atoms with Gasteiger partial charge in [-0.1, -0.05) is 30.3 Å². The molecule has 0 radical (unpaired) electrons. The van der Waals surface area contributed by atoms with E-state index in [0.717, 1.165) is 30.6 Å². The van der Waals surface area contributed by atoms with Crippen LogP contribution in [0.1, 0.15) is 46.1 Å². The molecule has 4 aromatic rings. The topological polar surface area (TPSA) is 55.6 Å². The Labute approximate surface area is 175 Å². The standard InChI is InChI=1S/C25H23N3O2/c29-25(27-23-9-5-7-18-6-1-2-8-22(18)23)19-11-13-21(14-12-19)30-17-20-16-28-15-4-3-10-24(28)26-20/h1-4,6,8,10-16,23H,5,7,9,17H2,(H,27,29). The Morgan fingerprint density at radius 1 is 1.07 bits per heavy atom. The fourth-order valence-corrected chi connectivity index (χ4v) is 4.06. The molecule has 5 heteroatoms. The van der Waals surface area contributed by atoms with Crippen LogP contribution in [0.25, 0.3) is 5.65 Å². The number of aryl methyl sites for hydroxylation is 1. The number of amides is 1. The fraction of sp³-hybridized carbons (Fsp3) is 0.200. The second kappa shape index (κ2) is 8.03. The number of nitrogens with zero attached hydrogens (tertiary/aromatic N) is 2. The third-order valence-electron chi connectivity index (χ3n) is 5.59. The lowest BCUT2D eigenvalue weighted by Gasteiger charge is -2.26. The van der Waals surface area contributed by atoms with Crippen molar-refractivity contribution in [3.8, 4) is 5.75 Å². The molecule has 1 unspecified atom stereocenters. The quantitative estimate of drug-likeness (QED) is 0.530. The van der Waals surface area contributed by atoms with E-state index in [2.05, 4.69) is 28.5 Å². The van der Waals surface area contributed by atoms with Crippen molar-refractivity contribution in [3.63, 3.8) is 0 Å². The van der Waals surface area contributed by atoms with Gasteiger partial charge in [0.15, 0.2) is 0 Å². The number of imidazole rings is 1. The number of hydrogen-bond acceptors (Lipinski definition) is 3. The minimum atomic E-state index is -0.0522. The van der Waals surface area contributed by atoms with E-state index in [1.807, 2.05) is 65.3 Å². The van der Waals surface area contributed by atoms with Gasteiger partial charge in [-0.25, -0.2) is 4.98 Å². The van der Waals surface area contributed by atoms with Crippen LogP contribution in [0.5, 0.6) is 5.75 Å². The highest BCUT2D eigenvalue weighted by Gasteiger charge is 2.21. The third kappa shape index (κ3) is 3.79. The molecule has 1 aliphatic carbocycles. The number of ether oxygens (including phenoxy) is 1. The van der Waals surface area contributed by atoms with Crippen LogP contribution >= 0.6 is 0 Å². The molecular formula is C25H23N3O2. The number of carbonyl (C=O) groups is 1. The van der Waals surface area contributed by atoms with E-state index < -0.39 is 0 Å². The van der Waals surface area contributed by atoms with Gasteiger partial charge in [0, 0.05) is 18.0 Å². The Kier molecular flexibility index (Phi) is 4.93. The molecule has 0 fully saturated rings. The normalized spacial score (nSPS) is 15.5. The molecule has 1 amide bonds. The first-order valence-corrected chi connectivity index (χ1v) is 10.3. The SMILES string of the molecule is O=C(NC1CCCc2ccccc21)c1ccc(OCc2cn3ccccc3n2)cc1. The average Bonchev–Trinajstić information content (AvgIpc) is 3.21. The van der Waals surface area contributed by atoms with Gasteiger partial charge in [-0.15, -0.1) is 0 Å². The van der Waals surface area contributed by atoms with E-state index in [9.17, 15) is 4.79 Å². The average molecular weight is 397 g/mol. The Morgan fingerprint density at radius 3 is 2.77 bits per heavy atom. The van der Waals surface area contributed by atoms with Crippen LogP contribution in [-0.4, -0.2) is 15.3 Å². The van der Waals surface area contributed by atoms with Gasteiger partial charge in [-0.05, 0) is 66.8 Å². The molecule has 2 aromatic heterocycles. The van der Waals surface area contributed by atoms with Crippen LogP contribution in [0.2, 0.25) is 0 Å². The van der Waals surface area contributed by atoms with Crippen molar-refractivity contribution in [2.75, 3.05) is 0 Å². The third-order valence-corrected chi connectivity index (χ3v) is 5.59. The Balaban J connectivity index is 1.22. The van der Waals surface area contributed by atoms with E-state index in [4.69, 9.17) is 4.74 Å². The molecule has 1 N–H and O–H groups in total. The zero-order valence-corrected chi connectivity index (χ0v) is 16.6. The molecule has 5 rings (SSSR count). The van der Waals surface area contributed by atoms with Gasteiger partial charge >= 0.3 is 0 Å². The van der Waals surface area contributed by atoms with Crippen molar-refractivity contribution in [2.24, 2.45) is 0 Å². The molecule has 0 saturated carbocycles. The molecule has 30 heavy (non-hydrogen) atoms. The van der Waals surface area contributed by atoms with E-state index in [1.165, 1.54) is 11.1 Å². The summed E-state index contributed by atoms with van der Waals surface area (Å²) in [5.41, 5.74) is 4.97. The van der Waals surface area contributed by atoms with Crippen LogP contribution in [0.15, 0.2) is 79.1 Å². The van der Waals surface area contributed by atoms with Crippen molar-refractivity contribution in [1.29, 1.82) is 0 Å². The number of fused-ring (bicyclic) bond motifs is 2. The molecule has 0 saturated heterocycles. The number of rotatable bonds is 5. The highest BCUT2D eigenvalue weighted by Crippen LogP contribution is 2.29. The van der Waals surface area contributed by atoms with Gasteiger partial charge in [0.1, 0.15) is 18.0 Å². The molecule has 150 valence electrons.